The molecule has 0 fully saturated rings. The van der Waals surface area contributed by atoms with Crippen molar-refractivity contribution in [1.29, 1.82) is 0 Å². The molecule has 1 aliphatic rings. The summed E-state index contributed by atoms with van der Waals surface area (Å²) >= 11 is 0. The largest absolute Gasteiger partial charge is 0.548 e. The molecule has 1 rings (SSSR count). The van der Waals surface area contributed by atoms with Crippen LogP contribution in [-0.4, -0.2) is 8.32 Å². The SMILES string of the molecule is C[C@H]1CC=C(O[Si](C)(C)C)CC1. The minimum atomic E-state index is -1.33. The number of allylic oxidation sites excluding steroid dienone is 2. The van der Waals surface area contributed by atoms with Gasteiger partial charge in [0.15, 0.2) is 0 Å². The first kappa shape index (κ1) is 9.84. The molecular formula is C10H20OSi. The highest BCUT2D eigenvalue weighted by Gasteiger charge is 2.19. The molecule has 0 aromatic rings. The van der Waals surface area contributed by atoms with Gasteiger partial charge in [0.25, 0.3) is 0 Å². The predicted octanol–water partition coefficient (Wildman–Crippen LogP) is 3.54. The van der Waals surface area contributed by atoms with Gasteiger partial charge in [0, 0.05) is 6.42 Å². The van der Waals surface area contributed by atoms with Gasteiger partial charge in [-0.2, -0.15) is 0 Å². The van der Waals surface area contributed by atoms with Gasteiger partial charge in [-0.1, -0.05) is 6.92 Å². The van der Waals surface area contributed by atoms with Crippen LogP contribution in [0.2, 0.25) is 19.6 Å². The standard InChI is InChI=1S/C10H20OSi/c1-9-5-7-10(8-6-9)11-12(2,3)4/h7,9H,5-6,8H2,1-4H3/t9-/m0/s1. The van der Waals surface area contributed by atoms with Crippen molar-refractivity contribution in [2.45, 2.75) is 45.8 Å². The minimum Gasteiger partial charge on any atom is -0.548 e. The lowest BCUT2D eigenvalue weighted by Gasteiger charge is -2.25. The van der Waals surface area contributed by atoms with Crippen molar-refractivity contribution in [3.63, 3.8) is 0 Å². The predicted molar refractivity (Wildman–Crippen MR) is 55.5 cm³/mol. The molecule has 0 radical (unpaired) electrons. The quantitative estimate of drug-likeness (QED) is 0.596. The Hall–Kier alpha value is -0.243. The van der Waals surface area contributed by atoms with Crippen LogP contribution in [0.4, 0.5) is 0 Å². The van der Waals surface area contributed by atoms with E-state index in [1.54, 1.807) is 0 Å². The van der Waals surface area contributed by atoms with Crippen molar-refractivity contribution in [3.8, 4) is 0 Å². The van der Waals surface area contributed by atoms with Crippen molar-refractivity contribution in [2.75, 3.05) is 0 Å². The maximum absolute atomic E-state index is 5.93. The topological polar surface area (TPSA) is 9.23 Å². The average Bonchev–Trinajstić information content (AvgIpc) is 1.91. The molecule has 0 aromatic carbocycles. The second kappa shape index (κ2) is 3.65. The smallest absolute Gasteiger partial charge is 0.241 e. The fraction of sp³-hybridized carbons (Fsp3) is 0.800. The Kier molecular flexibility index (Phi) is 2.99. The zero-order valence-electron chi connectivity index (χ0n) is 8.68. The molecule has 0 amide bonds. The third-order valence-electron chi connectivity index (χ3n) is 2.07. The van der Waals surface area contributed by atoms with Crippen LogP contribution in [0.1, 0.15) is 26.2 Å². The Bertz CT molecular complexity index is 179. The second-order valence-corrected chi connectivity index (χ2v) is 9.19. The van der Waals surface area contributed by atoms with E-state index in [1.165, 1.54) is 18.6 Å². The van der Waals surface area contributed by atoms with E-state index in [-0.39, 0.29) is 0 Å². The lowest BCUT2D eigenvalue weighted by molar-refractivity contribution is 0.354. The molecule has 0 saturated carbocycles. The van der Waals surface area contributed by atoms with Crippen molar-refractivity contribution in [1.82, 2.24) is 0 Å². The molecular weight excluding hydrogens is 164 g/mol. The van der Waals surface area contributed by atoms with Gasteiger partial charge in [-0.3, -0.25) is 0 Å². The number of hydrogen-bond donors (Lipinski definition) is 0. The van der Waals surface area contributed by atoms with Crippen molar-refractivity contribution in [3.05, 3.63) is 11.8 Å². The summed E-state index contributed by atoms with van der Waals surface area (Å²) in [5.41, 5.74) is 0. The number of rotatable bonds is 2. The van der Waals surface area contributed by atoms with Crippen LogP contribution >= 0.6 is 0 Å². The molecule has 0 heterocycles. The second-order valence-electron chi connectivity index (χ2n) is 4.76. The Morgan fingerprint density at radius 3 is 2.50 bits per heavy atom. The molecule has 0 bridgehead atoms. The van der Waals surface area contributed by atoms with E-state index < -0.39 is 8.32 Å². The molecule has 12 heavy (non-hydrogen) atoms. The summed E-state index contributed by atoms with van der Waals surface area (Å²) < 4.78 is 5.93. The van der Waals surface area contributed by atoms with Crippen molar-refractivity contribution < 1.29 is 4.43 Å². The highest BCUT2D eigenvalue weighted by Crippen LogP contribution is 2.25. The molecule has 1 aliphatic carbocycles. The fourth-order valence-electron chi connectivity index (χ4n) is 1.43. The highest BCUT2D eigenvalue weighted by molar-refractivity contribution is 6.70. The van der Waals surface area contributed by atoms with Gasteiger partial charge in [0.05, 0.1) is 5.76 Å². The van der Waals surface area contributed by atoms with E-state index in [0.29, 0.717) is 0 Å². The first-order valence-corrected chi connectivity index (χ1v) is 8.26. The van der Waals surface area contributed by atoms with Crippen molar-refractivity contribution in [2.24, 2.45) is 5.92 Å². The molecule has 1 atom stereocenters. The van der Waals surface area contributed by atoms with Crippen LogP contribution in [-0.2, 0) is 4.43 Å². The molecule has 0 spiro atoms. The molecule has 1 nitrogen and oxygen atoms in total. The zero-order chi connectivity index (χ0) is 9.19. The minimum absolute atomic E-state index is 0.860. The molecule has 0 aliphatic heterocycles. The summed E-state index contributed by atoms with van der Waals surface area (Å²) in [7, 11) is -1.33. The Morgan fingerprint density at radius 2 is 2.08 bits per heavy atom. The molecule has 0 unspecified atom stereocenters. The lowest BCUT2D eigenvalue weighted by Crippen LogP contribution is -2.25. The third kappa shape index (κ3) is 3.44. The molecule has 0 N–H and O–H groups in total. The summed E-state index contributed by atoms with van der Waals surface area (Å²) in [4.78, 5) is 0. The zero-order valence-corrected chi connectivity index (χ0v) is 9.68. The Balaban J connectivity index is 2.44. The van der Waals surface area contributed by atoms with E-state index in [1.807, 2.05) is 0 Å². The maximum Gasteiger partial charge on any atom is 0.241 e. The van der Waals surface area contributed by atoms with Crippen LogP contribution < -0.4 is 0 Å². The van der Waals surface area contributed by atoms with Crippen LogP contribution in [0.5, 0.6) is 0 Å². The fourth-order valence-corrected chi connectivity index (χ4v) is 2.40. The molecule has 70 valence electrons. The van der Waals surface area contributed by atoms with Gasteiger partial charge in [0.1, 0.15) is 0 Å². The summed E-state index contributed by atoms with van der Waals surface area (Å²) in [6.07, 6.45) is 5.95. The Labute approximate surface area is 76.9 Å². The van der Waals surface area contributed by atoms with E-state index in [9.17, 15) is 0 Å². The van der Waals surface area contributed by atoms with E-state index in [4.69, 9.17) is 4.43 Å². The van der Waals surface area contributed by atoms with Crippen LogP contribution in [0.3, 0.4) is 0 Å². The maximum atomic E-state index is 5.93. The van der Waals surface area contributed by atoms with Gasteiger partial charge in [-0.15, -0.1) is 0 Å². The summed E-state index contributed by atoms with van der Waals surface area (Å²) in [6, 6.07) is 0. The number of hydrogen-bond acceptors (Lipinski definition) is 1. The monoisotopic (exact) mass is 184 g/mol. The first-order chi connectivity index (χ1) is 5.47. The third-order valence-corrected chi connectivity index (χ3v) is 2.94. The van der Waals surface area contributed by atoms with Gasteiger partial charge in [0.2, 0.25) is 8.32 Å². The van der Waals surface area contributed by atoms with E-state index in [2.05, 4.69) is 32.6 Å². The summed E-state index contributed by atoms with van der Waals surface area (Å²) in [5.74, 6) is 2.12. The highest BCUT2D eigenvalue weighted by atomic mass is 28.4. The van der Waals surface area contributed by atoms with Gasteiger partial charge in [-0.25, -0.2) is 0 Å². The first-order valence-electron chi connectivity index (χ1n) is 4.85. The normalized spacial score (nSPS) is 25.0. The van der Waals surface area contributed by atoms with Gasteiger partial charge in [-0.05, 0) is 44.5 Å². The van der Waals surface area contributed by atoms with E-state index >= 15 is 0 Å². The average molecular weight is 184 g/mol. The summed E-state index contributed by atoms with van der Waals surface area (Å²) in [6.45, 7) is 9.03. The molecule has 0 aromatic heterocycles. The van der Waals surface area contributed by atoms with Crippen LogP contribution in [0.25, 0.3) is 0 Å². The lowest BCUT2D eigenvalue weighted by atomic mass is 9.95. The van der Waals surface area contributed by atoms with Crippen LogP contribution in [0, 0.1) is 5.92 Å². The van der Waals surface area contributed by atoms with Gasteiger partial charge < -0.3 is 4.43 Å². The summed E-state index contributed by atoms with van der Waals surface area (Å²) in [5, 5.41) is 0. The van der Waals surface area contributed by atoms with Gasteiger partial charge >= 0.3 is 0 Å². The van der Waals surface area contributed by atoms with Crippen LogP contribution in [0.15, 0.2) is 11.8 Å². The van der Waals surface area contributed by atoms with Crippen molar-refractivity contribution >= 4 is 8.32 Å². The molecule has 0 saturated heterocycles. The Morgan fingerprint density at radius 1 is 1.42 bits per heavy atom. The molecule has 2 heteroatoms. The van der Waals surface area contributed by atoms with E-state index in [0.717, 1.165) is 12.3 Å².